The van der Waals surface area contributed by atoms with Crippen molar-refractivity contribution >= 4 is 16.3 Å². The highest BCUT2D eigenvalue weighted by Gasteiger charge is 2.33. The summed E-state index contributed by atoms with van der Waals surface area (Å²) in [4.78, 5) is 11.5. The average molecular weight is 345 g/mol. The Kier molecular flexibility index (Phi) is 7.66. The van der Waals surface area contributed by atoms with Crippen LogP contribution in [0.15, 0.2) is 11.6 Å². The van der Waals surface area contributed by atoms with E-state index in [1.165, 1.54) is 12.0 Å². The molecule has 0 bridgehead atoms. The zero-order valence-corrected chi connectivity index (χ0v) is 16.9. The number of ether oxygens (including phenoxy) is 1. The molecule has 0 aromatic rings. The third-order valence-electron chi connectivity index (χ3n) is 5.15. The molecule has 2 atom stereocenters. The maximum absolute atomic E-state index is 11.5. The minimum Gasteiger partial charge on any atom is -0.466 e. The van der Waals surface area contributed by atoms with Gasteiger partial charge in [-0.25, -0.2) is 0 Å². The maximum Gasteiger partial charge on any atom is 0.309 e. The van der Waals surface area contributed by atoms with E-state index >= 15 is 0 Å². The summed E-state index contributed by atoms with van der Waals surface area (Å²) in [6, 6.07) is 0. The van der Waals surface area contributed by atoms with Crippen LogP contribution in [0.5, 0.6) is 0 Å². The largest absolute Gasteiger partial charge is 0.466 e. The van der Waals surface area contributed by atoms with Crippen molar-refractivity contribution in [3.05, 3.63) is 11.6 Å². The summed E-state index contributed by atoms with van der Waals surface area (Å²) in [6.07, 6.45) is 10.4. The Labute approximate surface area is 144 Å². The highest BCUT2D eigenvalue weighted by molar-refractivity contribution is 8.29. The van der Waals surface area contributed by atoms with Crippen molar-refractivity contribution in [1.29, 1.82) is 0 Å². The van der Waals surface area contributed by atoms with E-state index in [-0.39, 0.29) is 10.7 Å². The molecule has 1 fully saturated rings. The highest BCUT2D eigenvalue weighted by atomic mass is 32.3. The number of carbonyl (C=O) groups is 1. The van der Waals surface area contributed by atoms with E-state index in [1.54, 1.807) is 0 Å². The molecule has 0 N–H and O–H groups in total. The summed E-state index contributed by atoms with van der Waals surface area (Å²) in [6.45, 7) is 12.2. The molecule has 1 aliphatic rings. The van der Waals surface area contributed by atoms with Crippen LogP contribution in [0.2, 0.25) is 0 Å². The van der Waals surface area contributed by atoms with Crippen LogP contribution >= 0.6 is 10.3 Å². The quantitative estimate of drug-likeness (QED) is 0.476. The lowest BCUT2D eigenvalue weighted by molar-refractivity contribution is -0.142. The maximum atomic E-state index is 11.5. The van der Waals surface area contributed by atoms with Gasteiger partial charge in [-0.1, -0.05) is 45.8 Å². The van der Waals surface area contributed by atoms with Gasteiger partial charge >= 0.3 is 5.97 Å². The van der Waals surface area contributed by atoms with Gasteiger partial charge in [0.2, 0.25) is 0 Å². The van der Waals surface area contributed by atoms with Crippen molar-refractivity contribution in [3.8, 4) is 0 Å². The van der Waals surface area contributed by atoms with Crippen molar-refractivity contribution in [2.45, 2.75) is 65.0 Å². The Morgan fingerprint density at radius 1 is 1.22 bits per heavy atom. The van der Waals surface area contributed by atoms with Crippen LogP contribution in [-0.4, -0.2) is 36.4 Å². The predicted octanol–water partition coefficient (Wildman–Crippen LogP) is 5.10. The first-order chi connectivity index (χ1) is 10.6. The molecule has 23 heavy (non-hydrogen) atoms. The van der Waals surface area contributed by atoms with Crippen LogP contribution in [0, 0.1) is 11.8 Å². The summed E-state index contributed by atoms with van der Waals surface area (Å²) in [5.41, 5.74) is 1.40. The smallest absolute Gasteiger partial charge is 0.309 e. The van der Waals surface area contributed by atoms with Crippen molar-refractivity contribution in [1.82, 2.24) is 0 Å². The van der Waals surface area contributed by atoms with Crippen molar-refractivity contribution < 1.29 is 13.7 Å². The average Bonchev–Trinajstić information content (AvgIpc) is 2.84. The number of allylic oxidation sites excluding steroid dienone is 1. The molecular weight excluding hydrogens is 308 g/mol. The Balaban J connectivity index is 2.59. The molecule has 0 aromatic heterocycles. The zero-order chi connectivity index (χ0) is 17.7. The second-order valence-corrected chi connectivity index (χ2v) is 11.8. The fraction of sp³-hybridized carbons (Fsp3) is 0.842. The Bertz CT molecular complexity index is 421. The van der Waals surface area contributed by atoms with Crippen LogP contribution in [0.3, 0.4) is 0 Å². The summed E-state index contributed by atoms with van der Waals surface area (Å²) < 4.78 is 11.6. The highest BCUT2D eigenvalue weighted by Crippen LogP contribution is 2.54. The molecule has 3 nitrogen and oxygen atoms in total. The molecule has 4 heteroatoms. The Hall–Kier alpha value is -0.480. The van der Waals surface area contributed by atoms with Gasteiger partial charge in [0.15, 0.2) is 0 Å². The number of hydrogen-bond donors (Lipinski definition) is 0. The van der Waals surface area contributed by atoms with Crippen LogP contribution in [-0.2, 0) is 13.7 Å². The predicted molar refractivity (Wildman–Crippen MR) is 101 cm³/mol. The molecule has 1 aliphatic carbocycles. The van der Waals surface area contributed by atoms with Crippen LogP contribution < -0.4 is 0 Å². The fourth-order valence-corrected chi connectivity index (χ4v) is 3.68. The van der Waals surface area contributed by atoms with Gasteiger partial charge in [0.25, 0.3) is 0 Å². The number of esters is 1. The molecule has 136 valence electrons. The number of hydrogen-bond acceptors (Lipinski definition) is 3. The summed E-state index contributed by atoms with van der Waals surface area (Å²) in [5.74, 6) is 1.15. The van der Waals surface area contributed by atoms with Crippen LogP contribution in [0.25, 0.3) is 0 Å². The van der Waals surface area contributed by atoms with Gasteiger partial charge in [-0.15, -0.1) is 10.3 Å². The van der Waals surface area contributed by atoms with Crippen LogP contribution in [0.4, 0.5) is 0 Å². The minimum absolute atomic E-state index is 0.119. The first-order valence-corrected chi connectivity index (χ1v) is 11.2. The third kappa shape index (κ3) is 6.15. The molecule has 0 aliphatic heterocycles. The molecule has 0 unspecified atom stereocenters. The zero-order valence-electron chi connectivity index (χ0n) is 16.1. The molecular formula is C19H36O3S. The van der Waals surface area contributed by atoms with Crippen molar-refractivity contribution in [2.24, 2.45) is 11.8 Å². The summed E-state index contributed by atoms with van der Waals surface area (Å²) in [7, 11) is -1.06. The van der Waals surface area contributed by atoms with Gasteiger partial charge < -0.3 is 8.92 Å². The van der Waals surface area contributed by atoms with E-state index in [4.69, 9.17) is 8.92 Å². The molecule has 0 amide bonds. The van der Waals surface area contributed by atoms with E-state index in [0.717, 1.165) is 19.4 Å². The van der Waals surface area contributed by atoms with Crippen LogP contribution in [0.1, 0.15) is 60.3 Å². The van der Waals surface area contributed by atoms with Gasteiger partial charge in [0, 0.05) is 4.75 Å². The van der Waals surface area contributed by atoms with Crippen molar-refractivity contribution in [2.75, 3.05) is 25.7 Å². The first kappa shape index (κ1) is 20.6. The Morgan fingerprint density at radius 3 is 2.35 bits per heavy atom. The normalized spacial score (nSPS) is 24.9. The monoisotopic (exact) mass is 344 g/mol. The fourth-order valence-electron chi connectivity index (χ4n) is 2.81. The first-order valence-electron chi connectivity index (χ1n) is 8.81. The molecule has 0 saturated heterocycles. The lowest BCUT2D eigenvalue weighted by atomic mass is 9.95. The van der Waals surface area contributed by atoms with Gasteiger partial charge in [-0.3, -0.25) is 4.79 Å². The molecule has 0 heterocycles. The number of carbonyl (C=O) groups excluding carboxylic acids is 1. The third-order valence-corrected chi connectivity index (χ3v) is 8.83. The molecule has 1 saturated carbocycles. The van der Waals surface area contributed by atoms with E-state index in [2.05, 4.69) is 46.3 Å². The lowest BCUT2D eigenvalue weighted by Crippen LogP contribution is -2.27. The van der Waals surface area contributed by atoms with E-state index < -0.39 is 10.3 Å². The molecule has 1 rings (SSSR count). The van der Waals surface area contributed by atoms with Gasteiger partial charge in [-0.05, 0) is 44.1 Å². The van der Waals surface area contributed by atoms with Gasteiger partial charge in [0.1, 0.15) is 0 Å². The lowest BCUT2D eigenvalue weighted by Gasteiger charge is -2.44. The minimum atomic E-state index is -1.06. The van der Waals surface area contributed by atoms with E-state index in [1.807, 2.05) is 6.92 Å². The van der Waals surface area contributed by atoms with E-state index in [0.29, 0.717) is 24.9 Å². The molecule has 0 radical (unpaired) electrons. The second kappa shape index (κ2) is 8.57. The SMILES string of the molecule is CCOC(=O)C/C=C1/C[C@@H](CC)[C@@H](COS(C)(C)C(C)(C)C)C1. The van der Waals surface area contributed by atoms with Crippen molar-refractivity contribution in [3.63, 3.8) is 0 Å². The summed E-state index contributed by atoms with van der Waals surface area (Å²) in [5, 5.41) is 0. The van der Waals surface area contributed by atoms with Gasteiger partial charge in [0.05, 0.1) is 19.6 Å². The Morgan fingerprint density at radius 2 is 1.83 bits per heavy atom. The standard InChI is InChI=1S/C19H36O3S/c1-8-16-12-15(10-11-18(20)21-9-2)13-17(16)14-22-23(6,7)19(3,4)5/h10,16-17H,8-9,11-14H2,1-7H3/b15-10-/t16-,17-/m1/s1. The van der Waals surface area contributed by atoms with E-state index in [9.17, 15) is 4.79 Å². The molecule has 0 aromatic carbocycles. The summed E-state index contributed by atoms with van der Waals surface area (Å²) >= 11 is 0. The molecule has 0 spiro atoms. The topological polar surface area (TPSA) is 35.5 Å². The second-order valence-electron chi connectivity index (χ2n) is 7.84. The van der Waals surface area contributed by atoms with Gasteiger partial charge in [-0.2, -0.15) is 0 Å². The number of rotatable bonds is 7.